The van der Waals surface area contributed by atoms with Crippen molar-refractivity contribution in [3.05, 3.63) is 18.2 Å². The van der Waals surface area contributed by atoms with Crippen molar-refractivity contribution in [2.24, 2.45) is 27.9 Å². The number of imidazole rings is 1. The van der Waals surface area contributed by atoms with Gasteiger partial charge in [-0.1, -0.05) is 0 Å². The Hall–Kier alpha value is -4.21. The Morgan fingerprint density at radius 2 is 1.79 bits per heavy atom. The van der Waals surface area contributed by atoms with Crippen LogP contribution in [0.15, 0.2) is 17.5 Å². The van der Waals surface area contributed by atoms with E-state index >= 15 is 0 Å². The number of aliphatic imine (C=N–C) groups is 1. The number of H-pyrrole nitrogens is 1. The Morgan fingerprint density at radius 3 is 2.35 bits per heavy atom. The number of guanidine groups is 1. The second kappa shape index (κ2) is 14.0. The third-order valence-electron chi connectivity index (χ3n) is 4.37. The van der Waals surface area contributed by atoms with Gasteiger partial charge in [-0.25, -0.2) is 9.78 Å². The summed E-state index contributed by atoms with van der Waals surface area (Å²) in [6.45, 7) is -0.368. The minimum Gasteiger partial charge on any atom is -0.480 e. The van der Waals surface area contributed by atoms with Crippen molar-refractivity contribution in [2.45, 2.75) is 43.8 Å². The molecule has 0 bridgehead atoms. The van der Waals surface area contributed by atoms with E-state index in [0.717, 1.165) is 0 Å². The van der Waals surface area contributed by atoms with E-state index in [1.165, 1.54) is 12.5 Å². The molecule has 3 unspecified atom stereocenters. The predicted octanol–water partition coefficient (Wildman–Crippen LogP) is -4.62. The fourth-order valence-corrected chi connectivity index (χ4v) is 2.71. The normalized spacial score (nSPS) is 13.1. The Balaban J connectivity index is 2.76. The number of primary amides is 1. The largest absolute Gasteiger partial charge is 0.480 e. The summed E-state index contributed by atoms with van der Waals surface area (Å²) in [4.78, 5) is 69.7. The van der Waals surface area contributed by atoms with E-state index in [-0.39, 0.29) is 31.8 Å². The smallest absolute Gasteiger partial charge is 0.326 e. The van der Waals surface area contributed by atoms with Crippen LogP contribution >= 0.6 is 0 Å². The predicted molar refractivity (Wildman–Crippen MR) is 118 cm³/mol. The quantitative estimate of drug-likeness (QED) is 0.0654. The van der Waals surface area contributed by atoms with Crippen LogP contribution in [-0.2, 0) is 30.4 Å². The Labute approximate surface area is 194 Å². The topological polar surface area (TPSA) is 287 Å². The highest BCUT2D eigenvalue weighted by molar-refractivity contribution is 5.93. The first kappa shape index (κ1) is 27.8. The molecule has 0 radical (unpaired) electrons. The van der Waals surface area contributed by atoms with Crippen LogP contribution in [0.4, 0.5) is 0 Å². The van der Waals surface area contributed by atoms with E-state index in [1.54, 1.807) is 0 Å². The molecule has 1 aromatic heterocycles. The molecule has 0 aliphatic heterocycles. The number of hydrogen-bond donors (Lipinski definition) is 9. The fraction of sp³-hybridized carbons (Fsp3) is 0.500. The summed E-state index contributed by atoms with van der Waals surface area (Å²) in [6.07, 6.45) is 2.68. The molecule has 16 nitrogen and oxygen atoms in total. The number of carbonyl (C=O) groups excluding carboxylic acids is 4. The van der Waals surface area contributed by atoms with Gasteiger partial charge in [-0.3, -0.25) is 24.2 Å². The summed E-state index contributed by atoms with van der Waals surface area (Å²) in [5.74, 6) is -4.50. The molecule has 188 valence electrons. The maximum atomic E-state index is 12.8. The van der Waals surface area contributed by atoms with E-state index in [9.17, 15) is 29.1 Å². The fourth-order valence-electron chi connectivity index (χ4n) is 2.71. The van der Waals surface area contributed by atoms with Gasteiger partial charge in [0.25, 0.3) is 0 Å². The van der Waals surface area contributed by atoms with Crippen LogP contribution < -0.4 is 38.9 Å². The van der Waals surface area contributed by atoms with Crippen molar-refractivity contribution >= 4 is 35.6 Å². The SMILES string of the molecule is NC(=O)CC(N)C(=O)NCC(=O)NC(Cc1cnc[nH]1)C(=O)NC(CCCN=C(N)N)C(=O)O. The zero-order chi connectivity index (χ0) is 25.7. The highest BCUT2D eigenvalue weighted by Gasteiger charge is 2.27. The van der Waals surface area contributed by atoms with Crippen LogP contribution in [0.1, 0.15) is 25.0 Å². The Bertz CT molecular complexity index is 884. The van der Waals surface area contributed by atoms with Crippen LogP contribution in [0, 0.1) is 0 Å². The lowest BCUT2D eigenvalue weighted by Gasteiger charge is -2.21. The molecule has 13 N–H and O–H groups in total. The van der Waals surface area contributed by atoms with Gasteiger partial charge in [0.1, 0.15) is 12.1 Å². The van der Waals surface area contributed by atoms with Crippen molar-refractivity contribution in [1.29, 1.82) is 0 Å². The van der Waals surface area contributed by atoms with Crippen LogP contribution in [0.5, 0.6) is 0 Å². The number of aromatic nitrogens is 2. The number of nitrogens with two attached hydrogens (primary N) is 4. The molecule has 0 aromatic carbocycles. The number of carbonyl (C=O) groups is 5. The van der Waals surface area contributed by atoms with Gasteiger partial charge in [0.2, 0.25) is 23.6 Å². The number of aliphatic carboxylic acids is 1. The summed E-state index contributed by atoms with van der Waals surface area (Å²) in [5.41, 5.74) is 21.4. The van der Waals surface area contributed by atoms with Gasteiger partial charge in [0.05, 0.1) is 25.3 Å². The first-order valence-electron chi connectivity index (χ1n) is 10.2. The van der Waals surface area contributed by atoms with E-state index in [0.29, 0.717) is 5.69 Å². The summed E-state index contributed by atoms with van der Waals surface area (Å²) in [5, 5.41) is 16.4. The average molecular weight is 483 g/mol. The summed E-state index contributed by atoms with van der Waals surface area (Å²) in [7, 11) is 0. The number of carboxylic acids is 1. The maximum absolute atomic E-state index is 12.8. The number of hydrogen-bond acceptors (Lipinski definition) is 8. The van der Waals surface area contributed by atoms with Gasteiger partial charge in [0, 0.05) is 24.9 Å². The molecule has 16 heteroatoms. The number of nitrogens with one attached hydrogen (secondary N) is 4. The molecule has 0 aliphatic rings. The monoisotopic (exact) mass is 482 g/mol. The Morgan fingerprint density at radius 1 is 1.09 bits per heavy atom. The molecule has 0 spiro atoms. The van der Waals surface area contributed by atoms with E-state index in [2.05, 4.69) is 30.9 Å². The van der Waals surface area contributed by atoms with Gasteiger partial charge in [-0.05, 0) is 12.8 Å². The standard InChI is InChI=1S/C18H30N10O6/c19-10(5-13(20)29)15(31)25-7-14(30)27-12(4-9-6-23-8-26-9)16(32)28-11(17(33)34)2-1-3-24-18(21)22/h6,8,10-12H,1-5,7,19H2,(H2,20,29)(H,23,26)(H,25,31)(H,27,30)(H,28,32)(H,33,34)(H4,21,22,24). The third-order valence-corrected chi connectivity index (χ3v) is 4.37. The number of amides is 4. The summed E-state index contributed by atoms with van der Waals surface area (Å²) < 4.78 is 0. The average Bonchev–Trinajstić information content (AvgIpc) is 3.25. The lowest BCUT2D eigenvalue weighted by molar-refractivity contribution is -0.142. The molecule has 0 saturated heterocycles. The lowest BCUT2D eigenvalue weighted by Crippen LogP contribution is -2.54. The van der Waals surface area contributed by atoms with Crippen LogP contribution in [-0.4, -0.2) is 81.8 Å². The molecule has 1 aromatic rings. The van der Waals surface area contributed by atoms with Gasteiger partial charge in [-0.2, -0.15) is 0 Å². The zero-order valence-electron chi connectivity index (χ0n) is 18.3. The van der Waals surface area contributed by atoms with E-state index in [1.807, 2.05) is 0 Å². The number of nitrogens with zero attached hydrogens (tertiary/aromatic N) is 2. The third kappa shape index (κ3) is 10.9. The van der Waals surface area contributed by atoms with Gasteiger partial charge in [0.15, 0.2) is 5.96 Å². The maximum Gasteiger partial charge on any atom is 0.326 e. The van der Waals surface area contributed by atoms with Crippen molar-refractivity contribution in [3.63, 3.8) is 0 Å². The molecule has 4 amide bonds. The second-order valence-corrected chi connectivity index (χ2v) is 7.24. The number of aromatic amines is 1. The molecular weight excluding hydrogens is 452 g/mol. The first-order valence-corrected chi connectivity index (χ1v) is 10.2. The minimum atomic E-state index is -1.28. The Kier molecular flexibility index (Phi) is 11.5. The first-order chi connectivity index (χ1) is 16.0. The molecule has 1 rings (SSSR count). The molecule has 0 saturated carbocycles. The summed E-state index contributed by atoms with van der Waals surface area (Å²) >= 11 is 0. The van der Waals surface area contributed by atoms with E-state index in [4.69, 9.17) is 22.9 Å². The number of rotatable bonds is 15. The second-order valence-electron chi connectivity index (χ2n) is 7.24. The van der Waals surface area contributed by atoms with Gasteiger partial charge < -0.3 is 49.0 Å². The van der Waals surface area contributed by atoms with Crippen LogP contribution in [0.25, 0.3) is 0 Å². The van der Waals surface area contributed by atoms with Crippen molar-refractivity contribution < 1.29 is 29.1 Å². The molecule has 34 heavy (non-hydrogen) atoms. The van der Waals surface area contributed by atoms with E-state index < -0.39 is 60.7 Å². The molecule has 0 fully saturated rings. The van der Waals surface area contributed by atoms with Crippen LogP contribution in [0.3, 0.4) is 0 Å². The van der Waals surface area contributed by atoms with Crippen molar-refractivity contribution in [3.8, 4) is 0 Å². The highest BCUT2D eigenvalue weighted by atomic mass is 16.4. The summed E-state index contributed by atoms with van der Waals surface area (Å²) in [6, 6.07) is -3.68. The van der Waals surface area contributed by atoms with Gasteiger partial charge in [-0.15, -0.1) is 0 Å². The molecular formula is C18H30N10O6. The zero-order valence-corrected chi connectivity index (χ0v) is 18.3. The molecule has 0 aliphatic carbocycles. The van der Waals surface area contributed by atoms with Gasteiger partial charge >= 0.3 is 5.97 Å². The van der Waals surface area contributed by atoms with Crippen molar-refractivity contribution in [2.75, 3.05) is 13.1 Å². The highest BCUT2D eigenvalue weighted by Crippen LogP contribution is 2.03. The number of carboxylic acid groups (broad SMARTS) is 1. The molecule has 1 heterocycles. The lowest BCUT2D eigenvalue weighted by atomic mass is 10.1. The minimum absolute atomic E-state index is 0.0347. The van der Waals surface area contributed by atoms with Crippen LogP contribution in [0.2, 0.25) is 0 Å². The van der Waals surface area contributed by atoms with Crippen molar-refractivity contribution in [1.82, 2.24) is 25.9 Å². The molecule has 3 atom stereocenters.